The van der Waals surface area contributed by atoms with Gasteiger partial charge in [-0.05, 0) is 50.4 Å². The van der Waals surface area contributed by atoms with Crippen molar-refractivity contribution in [2.75, 3.05) is 20.1 Å². The highest BCUT2D eigenvalue weighted by Crippen LogP contribution is 2.28. The average Bonchev–Trinajstić information content (AvgIpc) is 2.88. The van der Waals surface area contributed by atoms with E-state index in [2.05, 4.69) is 37.1 Å². The summed E-state index contributed by atoms with van der Waals surface area (Å²) in [4.78, 5) is 5.58. The van der Waals surface area contributed by atoms with Gasteiger partial charge in [-0.25, -0.2) is 0 Å². The van der Waals surface area contributed by atoms with Gasteiger partial charge in [0.05, 0.1) is 0 Å². The van der Waals surface area contributed by atoms with Crippen LogP contribution in [0, 0.1) is 18.8 Å². The second-order valence-corrected chi connectivity index (χ2v) is 7.19. The summed E-state index contributed by atoms with van der Waals surface area (Å²) in [6, 6.07) is 2.39. The van der Waals surface area contributed by atoms with Crippen molar-refractivity contribution in [1.29, 1.82) is 0 Å². The fourth-order valence-electron chi connectivity index (χ4n) is 2.80. The van der Waals surface area contributed by atoms with Gasteiger partial charge >= 0.3 is 0 Å². The molecule has 1 saturated heterocycles. The van der Waals surface area contributed by atoms with Gasteiger partial charge in [-0.1, -0.05) is 13.8 Å². The minimum absolute atomic E-state index is 0.832. The van der Waals surface area contributed by atoms with E-state index in [4.69, 9.17) is 0 Å². The Balaban J connectivity index is 1.94. The molecule has 18 heavy (non-hydrogen) atoms. The number of hydrogen-bond donors (Lipinski definition) is 1. The molecule has 1 aliphatic heterocycles. The zero-order chi connectivity index (χ0) is 13.1. The molecule has 0 aromatic carbocycles. The molecule has 1 aromatic rings. The molecule has 0 spiro atoms. The smallest absolute Gasteiger partial charge is 0.0296 e. The molecule has 0 amide bonds. The highest BCUT2D eigenvalue weighted by molar-refractivity contribution is 7.12. The molecule has 3 heteroatoms. The summed E-state index contributed by atoms with van der Waals surface area (Å²) < 4.78 is 0. The molecule has 0 bridgehead atoms. The van der Waals surface area contributed by atoms with Gasteiger partial charge in [0.2, 0.25) is 0 Å². The Hall–Kier alpha value is -0.380. The summed E-state index contributed by atoms with van der Waals surface area (Å²) in [5, 5.41) is 3.24. The normalized spacial score (nSPS) is 21.1. The Morgan fingerprint density at radius 2 is 2.28 bits per heavy atom. The summed E-state index contributed by atoms with van der Waals surface area (Å²) in [7, 11) is 2.02. The molecular formula is C15H26N2S. The van der Waals surface area contributed by atoms with Gasteiger partial charge in [-0.3, -0.25) is 4.90 Å². The second-order valence-electron chi connectivity index (χ2n) is 5.85. The van der Waals surface area contributed by atoms with E-state index in [1.807, 2.05) is 18.4 Å². The molecule has 2 nitrogen and oxygen atoms in total. The summed E-state index contributed by atoms with van der Waals surface area (Å²) in [6.07, 6.45) is 1.38. The maximum absolute atomic E-state index is 3.24. The zero-order valence-corrected chi connectivity index (χ0v) is 12.9. The molecular weight excluding hydrogens is 240 g/mol. The highest BCUT2D eigenvalue weighted by Gasteiger charge is 2.25. The first-order valence-corrected chi connectivity index (χ1v) is 7.87. The third-order valence-electron chi connectivity index (χ3n) is 4.07. The van der Waals surface area contributed by atoms with E-state index in [1.54, 1.807) is 0 Å². The Bertz CT molecular complexity index is 384. The summed E-state index contributed by atoms with van der Waals surface area (Å²) in [6.45, 7) is 11.7. The Morgan fingerprint density at radius 3 is 2.89 bits per heavy atom. The lowest BCUT2D eigenvalue weighted by atomic mass is 9.95. The molecule has 2 heterocycles. The number of likely N-dealkylation sites (tertiary alicyclic amines) is 1. The molecule has 1 aromatic heterocycles. The molecule has 0 aliphatic carbocycles. The van der Waals surface area contributed by atoms with Crippen molar-refractivity contribution in [2.45, 2.75) is 40.3 Å². The highest BCUT2D eigenvalue weighted by atomic mass is 32.1. The number of nitrogens with zero attached hydrogens (tertiary/aromatic N) is 1. The zero-order valence-electron chi connectivity index (χ0n) is 12.1. The molecule has 0 saturated carbocycles. The van der Waals surface area contributed by atoms with E-state index >= 15 is 0 Å². The fraction of sp³-hybridized carbons (Fsp3) is 0.733. The van der Waals surface area contributed by atoms with E-state index in [1.165, 1.54) is 34.8 Å². The van der Waals surface area contributed by atoms with Gasteiger partial charge in [0, 0.05) is 29.4 Å². The third kappa shape index (κ3) is 3.34. The molecule has 1 unspecified atom stereocenters. The van der Waals surface area contributed by atoms with Crippen LogP contribution in [-0.4, -0.2) is 25.0 Å². The summed E-state index contributed by atoms with van der Waals surface area (Å²) in [5.74, 6) is 1.74. The fourth-order valence-corrected chi connectivity index (χ4v) is 3.86. The third-order valence-corrected chi connectivity index (χ3v) is 5.16. The van der Waals surface area contributed by atoms with E-state index in [0.29, 0.717) is 0 Å². The Morgan fingerprint density at radius 1 is 1.50 bits per heavy atom. The van der Waals surface area contributed by atoms with Crippen LogP contribution < -0.4 is 5.32 Å². The largest absolute Gasteiger partial charge is 0.315 e. The van der Waals surface area contributed by atoms with Crippen LogP contribution in [0.5, 0.6) is 0 Å². The summed E-state index contributed by atoms with van der Waals surface area (Å²) in [5.41, 5.74) is 1.54. The maximum Gasteiger partial charge on any atom is 0.0296 e. The number of rotatable bonds is 5. The van der Waals surface area contributed by atoms with E-state index < -0.39 is 0 Å². The lowest BCUT2D eigenvalue weighted by Gasteiger charge is -2.17. The van der Waals surface area contributed by atoms with Crippen molar-refractivity contribution in [1.82, 2.24) is 10.2 Å². The van der Waals surface area contributed by atoms with E-state index in [9.17, 15) is 0 Å². The monoisotopic (exact) mass is 266 g/mol. The molecule has 1 N–H and O–H groups in total. The van der Waals surface area contributed by atoms with Gasteiger partial charge < -0.3 is 5.32 Å². The van der Waals surface area contributed by atoms with Crippen molar-refractivity contribution < 1.29 is 0 Å². The van der Waals surface area contributed by atoms with Crippen molar-refractivity contribution >= 4 is 11.3 Å². The number of thiophene rings is 1. The first-order valence-electron chi connectivity index (χ1n) is 7.05. The number of aryl methyl sites for hydroxylation is 1. The van der Waals surface area contributed by atoms with Gasteiger partial charge in [0.15, 0.2) is 0 Å². The van der Waals surface area contributed by atoms with Crippen molar-refractivity contribution in [3.8, 4) is 0 Å². The second kappa shape index (κ2) is 6.18. The number of hydrogen-bond acceptors (Lipinski definition) is 3. The predicted molar refractivity (Wildman–Crippen MR) is 80.0 cm³/mol. The van der Waals surface area contributed by atoms with Crippen LogP contribution in [0.4, 0.5) is 0 Å². The first kappa shape index (κ1) is 14.0. The van der Waals surface area contributed by atoms with Crippen LogP contribution in [0.25, 0.3) is 0 Å². The minimum atomic E-state index is 0.832. The lowest BCUT2D eigenvalue weighted by Crippen LogP contribution is -2.21. The molecule has 1 aliphatic rings. The Labute approximate surface area is 115 Å². The standard InChI is InChI=1S/C15H26N2S/c1-11(2)13-5-6-17(9-13)10-14-7-15(8-16-4)18-12(14)3/h7,11,13,16H,5-6,8-10H2,1-4H3. The van der Waals surface area contributed by atoms with Crippen molar-refractivity contribution in [2.24, 2.45) is 11.8 Å². The van der Waals surface area contributed by atoms with Crippen LogP contribution in [0.15, 0.2) is 6.07 Å². The van der Waals surface area contributed by atoms with Gasteiger partial charge in [0.25, 0.3) is 0 Å². The van der Waals surface area contributed by atoms with Gasteiger partial charge in [-0.2, -0.15) is 0 Å². The molecule has 2 rings (SSSR count). The molecule has 1 fully saturated rings. The van der Waals surface area contributed by atoms with E-state index in [0.717, 1.165) is 24.9 Å². The van der Waals surface area contributed by atoms with E-state index in [-0.39, 0.29) is 0 Å². The quantitative estimate of drug-likeness (QED) is 0.880. The number of nitrogens with one attached hydrogen (secondary N) is 1. The van der Waals surface area contributed by atoms with Crippen LogP contribution in [0.3, 0.4) is 0 Å². The SMILES string of the molecule is CNCc1cc(CN2CCC(C(C)C)C2)c(C)s1. The molecule has 102 valence electrons. The topological polar surface area (TPSA) is 15.3 Å². The predicted octanol–water partition coefficient (Wildman–Crippen LogP) is 3.25. The average molecular weight is 266 g/mol. The Kier molecular flexibility index (Phi) is 4.82. The minimum Gasteiger partial charge on any atom is -0.315 e. The summed E-state index contributed by atoms with van der Waals surface area (Å²) >= 11 is 1.94. The van der Waals surface area contributed by atoms with Crippen molar-refractivity contribution in [3.05, 3.63) is 21.4 Å². The maximum atomic E-state index is 3.24. The first-order chi connectivity index (χ1) is 8.60. The van der Waals surface area contributed by atoms with Crippen LogP contribution in [0.2, 0.25) is 0 Å². The van der Waals surface area contributed by atoms with Crippen LogP contribution in [0.1, 0.15) is 35.6 Å². The molecule has 1 atom stereocenters. The van der Waals surface area contributed by atoms with Crippen LogP contribution in [-0.2, 0) is 13.1 Å². The molecule has 0 radical (unpaired) electrons. The van der Waals surface area contributed by atoms with Crippen LogP contribution >= 0.6 is 11.3 Å². The van der Waals surface area contributed by atoms with Gasteiger partial charge in [-0.15, -0.1) is 11.3 Å². The van der Waals surface area contributed by atoms with Crippen molar-refractivity contribution in [3.63, 3.8) is 0 Å². The van der Waals surface area contributed by atoms with Gasteiger partial charge in [0.1, 0.15) is 0 Å². The lowest BCUT2D eigenvalue weighted by molar-refractivity contribution is 0.296.